The highest BCUT2D eigenvalue weighted by Crippen LogP contribution is 2.33. The summed E-state index contributed by atoms with van der Waals surface area (Å²) < 4.78 is 0. The number of hydrogen-bond acceptors (Lipinski definition) is 0. The summed E-state index contributed by atoms with van der Waals surface area (Å²) in [5.74, 6) is 0. The second kappa shape index (κ2) is 7.28. The maximum absolute atomic E-state index is 2.51. The van der Waals surface area contributed by atoms with Crippen LogP contribution in [0, 0.1) is 6.92 Å². The molecule has 6 aromatic carbocycles. The van der Waals surface area contributed by atoms with Crippen LogP contribution in [-0.2, 0) is 0 Å². The van der Waals surface area contributed by atoms with Crippen LogP contribution in [0.1, 0.15) is 5.56 Å². The van der Waals surface area contributed by atoms with Crippen molar-refractivity contribution in [3.05, 3.63) is 133 Å². The third-order valence-corrected chi connectivity index (χ3v) is 12.4. The zero-order valence-corrected chi connectivity index (χ0v) is 20.1. The molecule has 0 unspecified atom stereocenters. The lowest BCUT2D eigenvalue weighted by Crippen LogP contribution is -2.72. The summed E-state index contributed by atoms with van der Waals surface area (Å²) >= 11 is 0. The Labute approximate surface area is 201 Å². The van der Waals surface area contributed by atoms with E-state index in [1.807, 2.05) is 0 Å². The lowest BCUT2D eigenvalue weighted by atomic mass is 9.98. The van der Waals surface area contributed by atoms with Crippen molar-refractivity contribution in [2.24, 2.45) is 0 Å². The minimum atomic E-state index is -2.42. The van der Waals surface area contributed by atoms with Gasteiger partial charge in [0, 0.05) is 0 Å². The molecule has 0 spiro atoms. The minimum absolute atomic E-state index is 1.30. The third kappa shape index (κ3) is 2.65. The number of hydrogen-bond donors (Lipinski definition) is 0. The molecule has 1 heterocycles. The van der Waals surface area contributed by atoms with E-state index in [1.54, 1.807) is 0 Å². The molecule has 0 fully saturated rings. The number of benzene rings is 6. The quantitative estimate of drug-likeness (QED) is 0.236. The standard InChI is InChI=1S/C33H24Si/c1-23-16-17-24-19-27-22-33-31(21-26(27)20-25(24)18-23)30-14-8-9-15-32(30)34(33,28-10-4-2-5-11-28)29-12-6-3-7-13-29/h2-22H,1H3. The first-order valence-corrected chi connectivity index (χ1v) is 13.9. The zero-order valence-electron chi connectivity index (χ0n) is 19.1. The Morgan fingerprint density at radius 1 is 0.412 bits per heavy atom. The summed E-state index contributed by atoms with van der Waals surface area (Å²) in [6, 6.07) is 48.0. The van der Waals surface area contributed by atoms with Crippen LogP contribution in [0.5, 0.6) is 0 Å². The lowest BCUT2D eigenvalue weighted by Gasteiger charge is -2.31. The van der Waals surface area contributed by atoms with Crippen LogP contribution in [-0.4, -0.2) is 8.07 Å². The molecular formula is C33H24Si. The van der Waals surface area contributed by atoms with E-state index in [-0.39, 0.29) is 0 Å². The van der Waals surface area contributed by atoms with Gasteiger partial charge in [0.25, 0.3) is 0 Å². The summed E-state index contributed by atoms with van der Waals surface area (Å²) in [5.41, 5.74) is 4.09. The summed E-state index contributed by atoms with van der Waals surface area (Å²) in [6.45, 7) is 2.17. The monoisotopic (exact) mass is 448 g/mol. The molecule has 0 N–H and O–H groups in total. The van der Waals surface area contributed by atoms with E-state index in [9.17, 15) is 0 Å². The fraction of sp³-hybridized carbons (Fsp3) is 0.0303. The largest absolute Gasteiger partial charge is 0.180 e. The van der Waals surface area contributed by atoms with Crippen molar-refractivity contribution in [3.63, 3.8) is 0 Å². The van der Waals surface area contributed by atoms with Gasteiger partial charge in [0.05, 0.1) is 0 Å². The molecule has 1 heteroatoms. The van der Waals surface area contributed by atoms with E-state index in [1.165, 1.54) is 59.0 Å². The second-order valence-corrected chi connectivity index (χ2v) is 13.2. The van der Waals surface area contributed by atoms with Gasteiger partial charge < -0.3 is 0 Å². The normalized spacial score (nSPS) is 13.7. The molecule has 0 saturated carbocycles. The molecule has 160 valence electrons. The Kier molecular flexibility index (Phi) is 4.18. The SMILES string of the molecule is Cc1ccc2cc3cc4c(cc3cc2c1)-c1ccccc1[Si]4(c1ccccc1)c1ccccc1. The van der Waals surface area contributed by atoms with Crippen molar-refractivity contribution < 1.29 is 0 Å². The van der Waals surface area contributed by atoms with Crippen LogP contribution in [0.4, 0.5) is 0 Å². The Morgan fingerprint density at radius 3 is 1.74 bits per heavy atom. The maximum atomic E-state index is 2.51. The van der Waals surface area contributed by atoms with Crippen LogP contribution in [0.25, 0.3) is 32.7 Å². The molecule has 34 heavy (non-hydrogen) atoms. The van der Waals surface area contributed by atoms with Crippen molar-refractivity contribution >= 4 is 50.4 Å². The van der Waals surface area contributed by atoms with E-state index in [2.05, 4.69) is 134 Å². The predicted octanol–water partition coefficient (Wildman–Crippen LogP) is 5.66. The highest BCUT2D eigenvalue weighted by molar-refractivity contribution is 7.22. The van der Waals surface area contributed by atoms with Gasteiger partial charge in [0.2, 0.25) is 0 Å². The minimum Gasteiger partial charge on any atom is -0.0623 e. The van der Waals surface area contributed by atoms with Gasteiger partial charge in [0.1, 0.15) is 0 Å². The summed E-state index contributed by atoms with van der Waals surface area (Å²) in [6.07, 6.45) is 0. The van der Waals surface area contributed by atoms with Crippen LogP contribution in [0.3, 0.4) is 0 Å². The van der Waals surface area contributed by atoms with Gasteiger partial charge in [-0.15, -0.1) is 0 Å². The molecule has 1 aliphatic rings. The fourth-order valence-corrected chi connectivity index (χ4v) is 11.3. The highest BCUT2D eigenvalue weighted by Gasteiger charge is 2.48. The third-order valence-electron chi connectivity index (χ3n) is 7.53. The summed E-state index contributed by atoms with van der Waals surface area (Å²) in [7, 11) is -2.42. The average Bonchev–Trinajstić information content (AvgIpc) is 3.17. The molecule has 0 atom stereocenters. The number of rotatable bonds is 2. The van der Waals surface area contributed by atoms with Crippen molar-refractivity contribution in [2.45, 2.75) is 6.92 Å². The molecular weight excluding hydrogens is 424 g/mol. The van der Waals surface area contributed by atoms with Crippen molar-refractivity contribution in [3.8, 4) is 11.1 Å². The molecule has 0 nitrogen and oxygen atoms in total. The smallest absolute Gasteiger partial charge is 0.0623 e. The first-order chi connectivity index (χ1) is 16.7. The van der Waals surface area contributed by atoms with Gasteiger partial charge in [-0.2, -0.15) is 0 Å². The number of fused-ring (bicyclic) bond motifs is 5. The van der Waals surface area contributed by atoms with Crippen molar-refractivity contribution in [1.82, 2.24) is 0 Å². The van der Waals surface area contributed by atoms with Crippen LogP contribution < -0.4 is 20.7 Å². The summed E-state index contributed by atoms with van der Waals surface area (Å²) in [4.78, 5) is 0. The van der Waals surface area contributed by atoms with E-state index in [0.717, 1.165) is 0 Å². The van der Waals surface area contributed by atoms with Gasteiger partial charge in [-0.25, -0.2) is 0 Å². The van der Waals surface area contributed by atoms with Gasteiger partial charge in [-0.1, -0.05) is 115 Å². The van der Waals surface area contributed by atoms with Gasteiger partial charge in [0.15, 0.2) is 8.07 Å². The fourth-order valence-electron chi connectivity index (χ4n) is 6.06. The summed E-state index contributed by atoms with van der Waals surface area (Å²) in [5, 5.41) is 11.2. The molecule has 0 bridgehead atoms. The topological polar surface area (TPSA) is 0 Å². The highest BCUT2D eigenvalue weighted by atomic mass is 28.3. The number of aryl methyl sites for hydroxylation is 1. The zero-order chi connectivity index (χ0) is 22.7. The van der Waals surface area contributed by atoms with Gasteiger partial charge in [-0.3, -0.25) is 0 Å². The van der Waals surface area contributed by atoms with Crippen molar-refractivity contribution in [1.29, 1.82) is 0 Å². The molecule has 7 rings (SSSR count). The first kappa shape index (κ1) is 19.5. The molecule has 0 amide bonds. The predicted molar refractivity (Wildman–Crippen MR) is 149 cm³/mol. The average molecular weight is 449 g/mol. The Morgan fingerprint density at radius 2 is 1.00 bits per heavy atom. The molecule has 0 radical (unpaired) electrons. The van der Waals surface area contributed by atoms with Crippen molar-refractivity contribution in [2.75, 3.05) is 0 Å². The van der Waals surface area contributed by atoms with E-state index in [0.29, 0.717) is 0 Å². The first-order valence-electron chi connectivity index (χ1n) is 11.9. The second-order valence-electron chi connectivity index (χ2n) is 9.48. The van der Waals surface area contributed by atoms with Gasteiger partial charge in [-0.05, 0) is 78.5 Å². The van der Waals surface area contributed by atoms with E-state index in [4.69, 9.17) is 0 Å². The molecule has 6 aromatic rings. The Bertz CT molecular complexity index is 1660. The Balaban J connectivity index is 1.65. The van der Waals surface area contributed by atoms with Crippen LogP contribution in [0.2, 0.25) is 0 Å². The van der Waals surface area contributed by atoms with E-state index >= 15 is 0 Å². The Hall–Kier alpha value is -3.94. The molecule has 0 saturated heterocycles. The lowest BCUT2D eigenvalue weighted by molar-refractivity contribution is 1.51. The van der Waals surface area contributed by atoms with Crippen LogP contribution in [0.15, 0.2) is 127 Å². The maximum Gasteiger partial charge on any atom is 0.180 e. The molecule has 1 aliphatic heterocycles. The van der Waals surface area contributed by atoms with Crippen LogP contribution >= 0.6 is 0 Å². The molecule has 0 aliphatic carbocycles. The van der Waals surface area contributed by atoms with Gasteiger partial charge >= 0.3 is 0 Å². The van der Waals surface area contributed by atoms with E-state index < -0.39 is 8.07 Å². The molecule has 0 aromatic heterocycles.